The van der Waals surface area contributed by atoms with E-state index in [0.29, 0.717) is 11.5 Å². The van der Waals surface area contributed by atoms with Gasteiger partial charge in [-0.1, -0.05) is 48.5 Å². The molecular weight excluding hydrogens is 331 g/mol. The molecule has 0 heterocycles. The molecule has 0 amide bonds. The van der Waals surface area contributed by atoms with Gasteiger partial charge in [0.15, 0.2) is 0 Å². The second kappa shape index (κ2) is 8.62. The second-order valence-corrected chi connectivity index (χ2v) is 5.52. The first-order chi connectivity index (χ1) is 12.7. The first-order valence-corrected chi connectivity index (χ1v) is 8.12. The number of carbonyl (C=O) groups is 1. The number of halogens is 1. The monoisotopic (exact) mass is 348 g/mol. The standard InChI is InChI=1S/C22H17FO3/c23-19-13-10-17(11-14-19)12-15-22(24)25-16-18-6-4-5-9-21(18)26-20-7-2-1-3-8-20/h1-15H,16H2/b15-12+. The molecule has 0 aliphatic rings. The topological polar surface area (TPSA) is 35.5 Å². The summed E-state index contributed by atoms with van der Waals surface area (Å²) in [5.74, 6) is 0.542. The van der Waals surface area contributed by atoms with Crippen LogP contribution in [0.15, 0.2) is 84.9 Å². The van der Waals surface area contributed by atoms with E-state index in [9.17, 15) is 9.18 Å². The van der Waals surface area contributed by atoms with Crippen LogP contribution in [0.1, 0.15) is 11.1 Å². The van der Waals surface area contributed by atoms with Crippen molar-refractivity contribution in [3.63, 3.8) is 0 Å². The van der Waals surface area contributed by atoms with E-state index < -0.39 is 5.97 Å². The highest BCUT2D eigenvalue weighted by Gasteiger charge is 2.06. The van der Waals surface area contributed by atoms with Crippen LogP contribution < -0.4 is 4.74 Å². The highest BCUT2D eigenvalue weighted by Crippen LogP contribution is 2.25. The normalized spacial score (nSPS) is 10.7. The van der Waals surface area contributed by atoms with Gasteiger partial charge in [0, 0.05) is 11.6 Å². The maximum absolute atomic E-state index is 12.9. The molecule has 26 heavy (non-hydrogen) atoms. The molecule has 0 unspecified atom stereocenters. The Morgan fingerprint density at radius 2 is 1.58 bits per heavy atom. The minimum absolute atomic E-state index is 0.0929. The molecule has 3 rings (SSSR count). The van der Waals surface area contributed by atoms with Gasteiger partial charge in [-0.25, -0.2) is 9.18 Å². The van der Waals surface area contributed by atoms with Gasteiger partial charge in [0.2, 0.25) is 0 Å². The molecule has 0 atom stereocenters. The van der Waals surface area contributed by atoms with E-state index in [0.717, 1.165) is 11.1 Å². The summed E-state index contributed by atoms with van der Waals surface area (Å²) in [6, 6.07) is 22.6. The Kier molecular flexibility index (Phi) is 5.78. The molecule has 0 aliphatic heterocycles. The fourth-order valence-corrected chi connectivity index (χ4v) is 2.27. The molecule has 0 aromatic heterocycles. The molecule has 0 spiro atoms. The van der Waals surface area contributed by atoms with Crippen molar-refractivity contribution in [2.45, 2.75) is 6.61 Å². The molecule has 0 saturated carbocycles. The lowest BCUT2D eigenvalue weighted by atomic mass is 10.2. The summed E-state index contributed by atoms with van der Waals surface area (Å²) in [5, 5.41) is 0. The first-order valence-electron chi connectivity index (χ1n) is 8.12. The minimum Gasteiger partial charge on any atom is -0.458 e. The predicted octanol–water partition coefficient (Wildman–Crippen LogP) is 5.37. The van der Waals surface area contributed by atoms with Crippen molar-refractivity contribution < 1.29 is 18.7 Å². The molecule has 0 aliphatic carbocycles. The SMILES string of the molecule is O=C(/C=C/c1ccc(F)cc1)OCc1ccccc1Oc1ccccc1. The van der Waals surface area contributed by atoms with Crippen molar-refractivity contribution in [2.75, 3.05) is 0 Å². The number of hydrogen-bond acceptors (Lipinski definition) is 3. The molecule has 0 N–H and O–H groups in total. The Bertz CT molecular complexity index is 887. The average Bonchev–Trinajstić information content (AvgIpc) is 2.68. The van der Waals surface area contributed by atoms with Crippen LogP contribution in [0.25, 0.3) is 6.08 Å². The molecule has 0 fully saturated rings. The molecule has 4 heteroatoms. The zero-order valence-electron chi connectivity index (χ0n) is 14.0. The van der Waals surface area contributed by atoms with Gasteiger partial charge in [-0.05, 0) is 42.0 Å². The zero-order valence-corrected chi connectivity index (χ0v) is 14.0. The summed E-state index contributed by atoms with van der Waals surface area (Å²) in [4.78, 5) is 11.9. The van der Waals surface area contributed by atoms with Gasteiger partial charge in [0.1, 0.15) is 23.9 Å². The van der Waals surface area contributed by atoms with Gasteiger partial charge in [0.05, 0.1) is 0 Å². The summed E-state index contributed by atoms with van der Waals surface area (Å²) >= 11 is 0. The number of benzene rings is 3. The third-order valence-corrected chi connectivity index (χ3v) is 3.60. The van der Waals surface area contributed by atoms with E-state index >= 15 is 0 Å². The van der Waals surface area contributed by atoms with Crippen molar-refractivity contribution in [1.82, 2.24) is 0 Å². The van der Waals surface area contributed by atoms with Crippen molar-refractivity contribution in [3.05, 3.63) is 102 Å². The third kappa shape index (κ3) is 5.05. The Balaban J connectivity index is 1.60. The first kappa shape index (κ1) is 17.4. The molecule has 3 aromatic rings. The van der Waals surface area contributed by atoms with Crippen LogP contribution in [-0.4, -0.2) is 5.97 Å². The molecule has 130 valence electrons. The largest absolute Gasteiger partial charge is 0.458 e. The summed E-state index contributed by atoms with van der Waals surface area (Å²) in [6.07, 6.45) is 2.89. The molecule has 0 bridgehead atoms. The van der Waals surface area contributed by atoms with Crippen LogP contribution in [0.2, 0.25) is 0 Å². The highest BCUT2D eigenvalue weighted by molar-refractivity contribution is 5.87. The lowest BCUT2D eigenvalue weighted by Crippen LogP contribution is -2.02. The predicted molar refractivity (Wildman–Crippen MR) is 98.2 cm³/mol. The molecule has 0 radical (unpaired) electrons. The Morgan fingerprint density at radius 3 is 2.35 bits per heavy atom. The van der Waals surface area contributed by atoms with Gasteiger partial charge >= 0.3 is 5.97 Å². The molecule has 3 nitrogen and oxygen atoms in total. The van der Waals surface area contributed by atoms with Crippen LogP contribution in [0.3, 0.4) is 0 Å². The maximum Gasteiger partial charge on any atom is 0.331 e. The van der Waals surface area contributed by atoms with Crippen LogP contribution in [0.4, 0.5) is 4.39 Å². The quantitative estimate of drug-likeness (QED) is 0.443. The summed E-state index contributed by atoms with van der Waals surface area (Å²) in [6.45, 7) is 0.0929. The maximum atomic E-state index is 12.9. The lowest BCUT2D eigenvalue weighted by molar-refractivity contribution is -0.138. The fraction of sp³-hybridized carbons (Fsp3) is 0.0455. The zero-order chi connectivity index (χ0) is 18.2. The van der Waals surface area contributed by atoms with Gasteiger partial charge in [-0.15, -0.1) is 0 Å². The van der Waals surface area contributed by atoms with E-state index in [1.165, 1.54) is 18.2 Å². The Morgan fingerprint density at radius 1 is 0.885 bits per heavy atom. The van der Waals surface area contributed by atoms with E-state index in [1.54, 1.807) is 18.2 Å². The van der Waals surface area contributed by atoms with Crippen LogP contribution in [0, 0.1) is 5.82 Å². The fourth-order valence-electron chi connectivity index (χ4n) is 2.27. The van der Waals surface area contributed by atoms with Gasteiger partial charge in [-0.2, -0.15) is 0 Å². The smallest absolute Gasteiger partial charge is 0.331 e. The highest BCUT2D eigenvalue weighted by atomic mass is 19.1. The van der Waals surface area contributed by atoms with E-state index in [1.807, 2.05) is 54.6 Å². The minimum atomic E-state index is -0.483. The Hall–Kier alpha value is -3.40. The van der Waals surface area contributed by atoms with Gasteiger partial charge in [-0.3, -0.25) is 0 Å². The number of ether oxygens (including phenoxy) is 2. The number of esters is 1. The second-order valence-electron chi connectivity index (χ2n) is 5.52. The van der Waals surface area contributed by atoms with E-state index in [4.69, 9.17) is 9.47 Å². The molecule has 3 aromatic carbocycles. The van der Waals surface area contributed by atoms with Crippen LogP contribution in [-0.2, 0) is 16.1 Å². The van der Waals surface area contributed by atoms with Gasteiger partial charge < -0.3 is 9.47 Å². The van der Waals surface area contributed by atoms with E-state index in [2.05, 4.69) is 0 Å². The number of para-hydroxylation sites is 2. The number of rotatable bonds is 6. The van der Waals surface area contributed by atoms with Gasteiger partial charge in [0.25, 0.3) is 0 Å². The van der Waals surface area contributed by atoms with Crippen molar-refractivity contribution in [2.24, 2.45) is 0 Å². The lowest BCUT2D eigenvalue weighted by Gasteiger charge is -2.11. The third-order valence-electron chi connectivity index (χ3n) is 3.60. The van der Waals surface area contributed by atoms with Crippen LogP contribution >= 0.6 is 0 Å². The van der Waals surface area contributed by atoms with Crippen LogP contribution in [0.5, 0.6) is 11.5 Å². The molecule has 0 saturated heterocycles. The number of hydrogen-bond donors (Lipinski definition) is 0. The molecular formula is C22H17FO3. The summed E-state index contributed by atoms with van der Waals surface area (Å²) in [7, 11) is 0. The van der Waals surface area contributed by atoms with E-state index in [-0.39, 0.29) is 12.4 Å². The van der Waals surface area contributed by atoms with Crippen molar-refractivity contribution in [1.29, 1.82) is 0 Å². The number of carbonyl (C=O) groups excluding carboxylic acids is 1. The average molecular weight is 348 g/mol. The van der Waals surface area contributed by atoms with Crippen molar-refractivity contribution in [3.8, 4) is 11.5 Å². The summed E-state index contributed by atoms with van der Waals surface area (Å²) in [5.41, 5.74) is 1.48. The van der Waals surface area contributed by atoms with Crippen molar-refractivity contribution >= 4 is 12.0 Å². The Labute approximate surface area is 151 Å². The summed E-state index contributed by atoms with van der Waals surface area (Å²) < 4.78 is 24.0.